The summed E-state index contributed by atoms with van der Waals surface area (Å²) in [5, 5.41) is 11.1. The molecule has 0 aliphatic heterocycles. The second-order valence-electron chi connectivity index (χ2n) is 8.40. The Balaban J connectivity index is 1.56. The first-order valence-corrected chi connectivity index (χ1v) is 12.6. The van der Waals surface area contributed by atoms with Crippen molar-refractivity contribution in [2.75, 3.05) is 0 Å². The van der Waals surface area contributed by atoms with Gasteiger partial charge in [0.15, 0.2) is 0 Å². The van der Waals surface area contributed by atoms with Gasteiger partial charge in [-0.3, -0.25) is 14.9 Å². The molecule has 11 heteroatoms. The lowest BCUT2D eigenvalue weighted by atomic mass is 10.0. The Morgan fingerprint density at radius 1 is 1.03 bits per heavy atom. The second-order valence-corrected chi connectivity index (χ2v) is 10.1. The number of fused-ring (bicyclic) bond motifs is 1. The van der Waals surface area contributed by atoms with Crippen molar-refractivity contribution in [2.45, 2.75) is 31.7 Å². The lowest BCUT2D eigenvalue weighted by Gasteiger charge is -2.14. The summed E-state index contributed by atoms with van der Waals surface area (Å²) >= 11 is 0. The van der Waals surface area contributed by atoms with Crippen molar-refractivity contribution in [2.24, 2.45) is 0 Å². The van der Waals surface area contributed by atoms with Crippen LogP contribution < -0.4 is 14.9 Å². The van der Waals surface area contributed by atoms with Crippen LogP contribution in [0.15, 0.2) is 80.8 Å². The highest BCUT2D eigenvalue weighted by Gasteiger charge is 2.24. The molecule has 37 heavy (non-hydrogen) atoms. The van der Waals surface area contributed by atoms with E-state index in [4.69, 9.17) is 9.15 Å². The van der Waals surface area contributed by atoms with E-state index in [0.29, 0.717) is 5.56 Å². The molecular weight excluding hydrogens is 500 g/mol. The summed E-state index contributed by atoms with van der Waals surface area (Å²) in [7, 11) is -3.95. The molecule has 1 atom stereocenters. The van der Waals surface area contributed by atoms with Crippen LogP contribution in [0.5, 0.6) is 5.75 Å². The minimum Gasteiger partial charge on any atom is -0.460 e. The Morgan fingerprint density at radius 2 is 1.68 bits per heavy atom. The van der Waals surface area contributed by atoms with Gasteiger partial charge in [-0.2, -0.15) is 4.72 Å². The van der Waals surface area contributed by atoms with Gasteiger partial charge in [0.2, 0.25) is 15.5 Å². The zero-order valence-electron chi connectivity index (χ0n) is 20.0. The van der Waals surface area contributed by atoms with Crippen LogP contribution >= 0.6 is 0 Å². The first-order chi connectivity index (χ1) is 17.5. The Hall–Kier alpha value is -4.35. The highest BCUT2D eigenvalue weighted by Crippen LogP contribution is 2.28. The molecule has 0 saturated carbocycles. The molecule has 0 bridgehead atoms. The zero-order valence-corrected chi connectivity index (χ0v) is 20.9. The third kappa shape index (κ3) is 5.42. The maximum absolute atomic E-state index is 13.1. The van der Waals surface area contributed by atoms with E-state index in [1.54, 1.807) is 19.1 Å². The lowest BCUT2D eigenvalue weighted by Crippen LogP contribution is -2.40. The Labute approximate surface area is 211 Å². The van der Waals surface area contributed by atoms with E-state index < -0.39 is 27.0 Å². The quantitative estimate of drug-likeness (QED) is 0.164. The largest absolute Gasteiger partial charge is 0.460 e. The van der Waals surface area contributed by atoms with Gasteiger partial charge < -0.3 is 9.15 Å². The topological polar surface area (TPSA) is 146 Å². The van der Waals surface area contributed by atoms with Crippen LogP contribution in [-0.4, -0.2) is 25.4 Å². The summed E-state index contributed by atoms with van der Waals surface area (Å²) in [5.74, 6) is -0.518. The molecule has 0 fully saturated rings. The summed E-state index contributed by atoms with van der Waals surface area (Å²) in [6, 6.07) is 14.7. The van der Waals surface area contributed by atoms with Gasteiger partial charge in [0, 0.05) is 18.2 Å². The standard InChI is InChI=1S/C26H22N2O8S/c1-15-4-11-21(12-5-15)37(33,34)27-16(2)26(30)36-20-10-13-22-23(14-20)35-17(3)24(25(22)29)18-6-8-19(9-7-18)28(31)32/h4-14,16,27H,1-3H3/t16-/m1/s1. The molecule has 0 aliphatic rings. The molecule has 0 amide bonds. The molecule has 1 N–H and O–H groups in total. The normalized spacial score (nSPS) is 12.3. The predicted octanol–water partition coefficient (Wildman–Crippen LogP) is 4.26. The molecule has 4 aromatic rings. The number of carbonyl (C=O) groups is 1. The van der Waals surface area contributed by atoms with Crippen LogP contribution in [0.25, 0.3) is 22.1 Å². The van der Waals surface area contributed by atoms with Gasteiger partial charge in [0.1, 0.15) is 23.1 Å². The third-order valence-electron chi connectivity index (χ3n) is 5.64. The molecule has 0 spiro atoms. The van der Waals surface area contributed by atoms with E-state index in [0.717, 1.165) is 5.56 Å². The molecule has 0 aliphatic carbocycles. The number of aryl methyl sites for hydroxylation is 2. The number of hydrogen-bond acceptors (Lipinski definition) is 8. The van der Waals surface area contributed by atoms with Crippen LogP contribution in [-0.2, 0) is 14.8 Å². The van der Waals surface area contributed by atoms with Crippen molar-refractivity contribution in [1.82, 2.24) is 4.72 Å². The van der Waals surface area contributed by atoms with E-state index >= 15 is 0 Å². The average molecular weight is 523 g/mol. The predicted molar refractivity (Wildman–Crippen MR) is 136 cm³/mol. The number of non-ortho nitro benzene ring substituents is 1. The number of nitrogens with one attached hydrogen (secondary N) is 1. The van der Waals surface area contributed by atoms with E-state index in [2.05, 4.69) is 4.72 Å². The smallest absolute Gasteiger partial charge is 0.329 e. The lowest BCUT2D eigenvalue weighted by molar-refractivity contribution is -0.384. The molecule has 190 valence electrons. The van der Waals surface area contributed by atoms with Gasteiger partial charge >= 0.3 is 5.97 Å². The molecule has 0 saturated heterocycles. The van der Waals surface area contributed by atoms with E-state index in [9.17, 15) is 28.1 Å². The highest BCUT2D eigenvalue weighted by molar-refractivity contribution is 7.89. The van der Waals surface area contributed by atoms with Gasteiger partial charge in [-0.05, 0) is 62.7 Å². The van der Waals surface area contributed by atoms with Gasteiger partial charge in [-0.1, -0.05) is 17.7 Å². The van der Waals surface area contributed by atoms with Crippen LogP contribution in [0.1, 0.15) is 18.2 Å². The van der Waals surface area contributed by atoms with Crippen LogP contribution in [0.2, 0.25) is 0 Å². The Morgan fingerprint density at radius 3 is 2.30 bits per heavy atom. The molecular formula is C26H22N2O8S. The summed E-state index contributed by atoms with van der Waals surface area (Å²) in [6.45, 7) is 4.77. The Bertz CT molecular complexity index is 1680. The van der Waals surface area contributed by atoms with Gasteiger partial charge in [0.05, 0.1) is 20.8 Å². The molecule has 4 rings (SSSR count). The average Bonchev–Trinajstić information content (AvgIpc) is 2.84. The summed E-state index contributed by atoms with van der Waals surface area (Å²) < 4.78 is 38.5. The number of nitro benzene ring substituents is 1. The fourth-order valence-corrected chi connectivity index (χ4v) is 4.90. The van der Waals surface area contributed by atoms with Crippen molar-refractivity contribution in [1.29, 1.82) is 0 Å². The SMILES string of the molecule is Cc1ccc(S(=O)(=O)N[C@H](C)C(=O)Oc2ccc3c(=O)c(-c4ccc([N+](=O)[O-])cc4)c(C)oc3c2)cc1. The van der Waals surface area contributed by atoms with Gasteiger partial charge in [-0.15, -0.1) is 0 Å². The number of rotatable bonds is 7. The van der Waals surface area contributed by atoms with E-state index in [1.165, 1.54) is 61.5 Å². The van der Waals surface area contributed by atoms with Crippen LogP contribution in [0.4, 0.5) is 5.69 Å². The number of ether oxygens (including phenoxy) is 1. The van der Waals surface area contributed by atoms with Gasteiger partial charge in [-0.25, -0.2) is 13.2 Å². The van der Waals surface area contributed by atoms with Crippen molar-refractivity contribution in [3.8, 4) is 16.9 Å². The number of hydrogen-bond donors (Lipinski definition) is 1. The highest BCUT2D eigenvalue weighted by atomic mass is 32.2. The maximum atomic E-state index is 13.1. The number of benzene rings is 3. The fourth-order valence-electron chi connectivity index (χ4n) is 3.70. The molecule has 3 aromatic carbocycles. The number of carbonyl (C=O) groups excluding carboxylic acids is 1. The molecule has 0 unspecified atom stereocenters. The summed E-state index contributed by atoms with van der Waals surface area (Å²) in [4.78, 5) is 36.1. The molecule has 0 radical (unpaired) electrons. The third-order valence-corrected chi connectivity index (χ3v) is 7.20. The van der Waals surface area contributed by atoms with E-state index in [-0.39, 0.29) is 44.1 Å². The van der Waals surface area contributed by atoms with Crippen LogP contribution in [0, 0.1) is 24.0 Å². The van der Waals surface area contributed by atoms with Gasteiger partial charge in [0.25, 0.3) is 5.69 Å². The second kappa shape index (κ2) is 9.96. The number of nitro groups is 1. The van der Waals surface area contributed by atoms with Crippen molar-refractivity contribution < 1.29 is 27.3 Å². The zero-order chi connectivity index (χ0) is 26.9. The van der Waals surface area contributed by atoms with Crippen molar-refractivity contribution in [3.05, 3.63) is 98.4 Å². The number of nitrogens with zero attached hydrogens (tertiary/aromatic N) is 1. The summed E-state index contributed by atoms with van der Waals surface area (Å²) in [5.41, 5.74) is 1.31. The van der Waals surface area contributed by atoms with E-state index in [1.807, 2.05) is 6.92 Å². The minimum atomic E-state index is -3.95. The monoisotopic (exact) mass is 522 g/mol. The molecule has 1 heterocycles. The summed E-state index contributed by atoms with van der Waals surface area (Å²) in [6.07, 6.45) is 0. The first kappa shape index (κ1) is 25.7. The van der Waals surface area contributed by atoms with Crippen LogP contribution in [0.3, 0.4) is 0 Å². The molecule has 10 nitrogen and oxygen atoms in total. The molecule has 1 aromatic heterocycles. The number of sulfonamides is 1. The fraction of sp³-hybridized carbons (Fsp3) is 0.154. The van der Waals surface area contributed by atoms with Crippen molar-refractivity contribution >= 4 is 32.6 Å². The number of esters is 1. The minimum absolute atomic E-state index is 0.0181. The first-order valence-electron chi connectivity index (χ1n) is 11.1. The van der Waals surface area contributed by atoms with Crippen molar-refractivity contribution in [3.63, 3.8) is 0 Å². The maximum Gasteiger partial charge on any atom is 0.329 e. The Kier molecular flexibility index (Phi) is 6.92.